The Morgan fingerprint density at radius 1 is 1.25 bits per heavy atom. The van der Waals surface area contributed by atoms with Gasteiger partial charge in [0.15, 0.2) is 0 Å². The summed E-state index contributed by atoms with van der Waals surface area (Å²) >= 11 is 12.0. The third-order valence-electron chi connectivity index (χ3n) is 2.82. The number of carboxylic acid groups (broad SMARTS) is 1. The van der Waals surface area contributed by atoms with Crippen LogP contribution in [0.1, 0.15) is 15.9 Å². The van der Waals surface area contributed by atoms with Crippen LogP contribution in [0.15, 0.2) is 30.3 Å². The molecule has 0 spiro atoms. The van der Waals surface area contributed by atoms with E-state index in [2.05, 4.69) is 5.32 Å². The van der Waals surface area contributed by atoms with Gasteiger partial charge in [-0.05, 0) is 42.8 Å². The Labute approximate surface area is 126 Å². The number of aryl methyl sites for hydroxylation is 1. The van der Waals surface area contributed by atoms with E-state index in [0.29, 0.717) is 27.0 Å². The van der Waals surface area contributed by atoms with Gasteiger partial charge in [0, 0.05) is 16.4 Å². The average Bonchev–Trinajstić information content (AvgIpc) is 2.37. The highest BCUT2D eigenvalue weighted by Gasteiger charge is 2.12. The van der Waals surface area contributed by atoms with Crippen LogP contribution >= 0.6 is 23.2 Å². The number of rotatable bonds is 3. The molecule has 2 aromatic rings. The van der Waals surface area contributed by atoms with E-state index in [1.807, 2.05) is 0 Å². The first-order chi connectivity index (χ1) is 9.38. The molecule has 0 aromatic heterocycles. The Morgan fingerprint density at radius 2 is 1.95 bits per heavy atom. The van der Waals surface area contributed by atoms with E-state index < -0.39 is 5.97 Å². The molecule has 104 valence electrons. The number of nitrogen functional groups attached to an aromatic ring is 1. The van der Waals surface area contributed by atoms with Gasteiger partial charge in [-0.2, -0.15) is 0 Å². The minimum atomic E-state index is -1.08. The third-order valence-corrected chi connectivity index (χ3v) is 3.39. The number of halogens is 2. The number of nitrogens with two attached hydrogens (primary N) is 1. The first kappa shape index (κ1) is 14.5. The van der Waals surface area contributed by atoms with Crippen LogP contribution in [0.2, 0.25) is 10.0 Å². The Bertz CT molecular complexity index is 687. The predicted molar refractivity (Wildman–Crippen MR) is 82.3 cm³/mol. The van der Waals surface area contributed by atoms with Crippen LogP contribution < -0.4 is 11.1 Å². The first-order valence-corrected chi connectivity index (χ1v) is 6.49. The quantitative estimate of drug-likeness (QED) is 0.738. The summed E-state index contributed by atoms with van der Waals surface area (Å²) in [5.41, 5.74) is 7.89. The molecule has 4 nitrogen and oxygen atoms in total. The number of aromatic carboxylic acids is 1. The minimum absolute atomic E-state index is 0.0469. The molecule has 0 saturated heterocycles. The van der Waals surface area contributed by atoms with Gasteiger partial charge in [0.1, 0.15) is 0 Å². The fourth-order valence-electron chi connectivity index (χ4n) is 1.80. The number of hydrogen-bond donors (Lipinski definition) is 3. The molecule has 0 aliphatic carbocycles. The Kier molecular flexibility index (Phi) is 4.06. The molecule has 0 amide bonds. The van der Waals surface area contributed by atoms with Crippen molar-refractivity contribution in [3.05, 3.63) is 51.5 Å². The van der Waals surface area contributed by atoms with Gasteiger partial charge in [-0.15, -0.1) is 0 Å². The van der Waals surface area contributed by atoms with Gasteiger partial charge in [0.05, 0.1) is 16.3 Å². The lowest BCUT2D eigenvalue weighted by Gasteiger charge is -2.12. The summed E-state index contributed by atoms with van der Waals surface area (Å²) in [6, 6.07) is 8.21. The summed E-state index contributed by atoms with van der Waals surface area (Å²) in [6.45, 7) is 1.74. The van der Waals surface area contributed by atoms with Gasteiger partial charge in [-0.25, -0.2) is 4.79 Å². The molecule has 20 heavy (non-hydrogen) atoms. The first-order valence-electron chi connectivity index (χ1n) is 5.74. The van der Waals surface area contributed by atoms with Crippen molar-refractivity contribution < 1.29 is 9.90 Å². The molecule has 2 aromatic carbocycles. The summed E-state index contributed by atoms with van der Waals surface area (Å²) in [7, 11) is 0. The van der Waals surface area contributed by atoms with Crippen molar-refractivity contribution in [2.75, 3.05) is 11.1 Å². The summed E-state index contributed by atoms with van der Waals surface area (Å²) in [5.74, 6) is -1.08. The molecular weight excluding hydrogens is 299 g/mol. The van der Waals surface area contributed by atoms with E-state index in [1.165, 1.54) is 6.07 Å². The highest BCUT2D eigenvalue weighted by molar-refractivity contribution is 6.35. The van der Waals surface area contributed by atoms with Crippen molar-refractivity contribution in [3.8, 4) is 0 Å². The van der Waals surface area contributed by atoms with E-state index in [-0.39, 0.29) is 11.3 Å². The zero-order valence-electron chi connectivity index (χ0n) is 10.6. The average molecular weight is 311 g/mol. The van der Waals surface area contributed by atoms with Crippen LogP contribution in [0.25, 0.3) is 0 Å². The van der Waals surface area contributed by atoms with E-state index in [9.17, 15) is 4.79 Å². The molecular formula is C14H12Cl2N2O2. The van der Waals surface area contributed by atoms with Crippen LogP contribution in [0.5, 0.6) is 0 Å². The molecule has 0 fully saturated rings. The normalized spacial score (nSPS) is 10.3. The number of hydrogen-bond acceptors (Lipinski definition) is 3. The van der Waals surface area contributed by atoms with Gasteiger partial charge >= 0.3 is 5.97 Å². The van der Waals surface area contributed by atoms with Gasteiger partial charge in [-0.3, -0.25) is 0 Å². The van der Waals surface area contributed by atoms with Crippen molar-refractivity contribution in [3.63, 3.8) is 0 Å². The monoisotopic (exact) mass is 310 g/mol. The predicted octanol–water partition coefficient (Wildman–Crippen LogP) is 4.33. The number of carbonyl (C=O) groups is 1. The highest BCUT2D eigenvalue weighted by atomic mass is 35.5. The molecule has 0 aliphatic rings. The Balaban J connectivity index is 2.44. The maximum Gasteiger partial charge on any atom is 0.337 e. The highest BCUT2D eigenvalue weighted by Crippen LogP contribution is 2.30. The van der Waals surface area contributed by atoms with E-state index in [1.54, 1.807) is 31.2 Å². The molecule has 0 aliphatic heterocycles. The van der Waals surface area contributed by atoms with Gasteiger partial charge < -0.3 is 16.2 Å². The van der Waals surface area contributed by atoms with Crippen LogP contribution in [-0.4, -0.2) is 11.1 Å². The lowest BCUT2D eigenvalue weighted by molar-refractivity contribution is 0.0698. The second-order valence-corrected chi connectivity index (χ2v) is 5.15. The number of benzene rings is 2. The lowest BCUT2D eigenvalue weighted by atomic mass is 10.1. The second-order valence-electron chi connectivity index (χ2n) is 4.31. The van der Waals surface area contributed by atoms with Crippen LogP contribution in [0, 0.1) is 6.92 Å². The van der Waals surface area contributed by atoms with Crippen molar-refractivity contribution >= 4 is 46.2 Å². The summed E-state index contributed by atoms with van der Waals surface area (Å²) in [5, 5.41) is 13.2. The topological polar surface area (TPSA) is 75.3 Å². The summed E-state index contributed by atoms with van der Waals surface area (Å²) in [4.78, 5) is 11.1. The maximum atomic E-state index is 11.1. The maximum absolute atomic E-state index is 11.1. The van der Waals surface area contributed by atoms with Crippen LogP contribution in [0.4, 0.5) is 17.1 Å². The summed E-state index contributed by atoms with van der Waals surface area (Å²) in [6.07, 6.45) is 0. The zero-order chi connectivity index (χ0) is 14.9. The molecule has 0 unspecified atom stereocenters. The van der Waals surface area contributed by atoms with Gasteiger partial charge in [0.25, 0.3) is 0 Å². The fourth-order valence-corrected chi connectivity index (χ4v) is 2.13. The van der Waals surface area contributed by atoms with Crippen molar-refractivity contribution in [2.45, 2.75) is 6.92 Å². The zero-order valence-corrected chi connectivity index (χ0v) is 12.1. The third kappa shape index (κ3) is 2.98. The van der Waals surface area contributed by atoms with Crippen molar-refractivity contribution in [2.24, 2.45) is 0 Å². The number of anilines is 3. The smallest absolute Gasteiger partial charge is 0.337 e. The van der Waals surface area contributed by atoms with E-state index >= 15 is 0 Å². The molecule has 2 rings (SSSR count). The number of nitrogens with one attached hydrogen (secondary N) is 1. The van der Waals surface area contributed by atoms with Crippen molar-refractivity contribution in [1.82, 2.24) is 0 Å². The molecule has 0 bridgehead atoms. The van der Waals surface area contributed by atoms with Gasteiger partial charge in [-0.1, -0.05) is 23.2 Å². The minimum Gasteiger partial charge on any atom is -0.478 e. The lowest BCUT2D eigenvalue weighted by Crippen LogP contribution is -2.05. The molecule has 0 radical (unpaired) electrons. The van der Waals surface area contributed by atoms with Crippen LogP contribution in [0.3, 0.4) is 0 Å². The Hall–Kier alpha value is -1.91. The van der Waals surface area contributed by atoms with Gasteiger partial charge in [0.2, 0.25) is 0 Å². The molecule has 0 heterocycles. The SMILES string of the molecule is Cc1cc(Nc2cc(Cl)ccc2Cl)cc(C(=O)O)c1N. The largest absolute Gasteiger partial charge is 0.478 e. The molecule has 4 N–H and O–H groups in total. The standard InChI is InChI=1S/C14H12Cl2N2O2/c1-7-4-9(6-10(13(7)17)14(19)20)18-12-5-8(15)2-3-11(12)16/h2-6,18H,17H2,1H3,(H,19,20). The molecule has 6 heteroatoms. The molecule has 0 atom stereocenters. The van der Waals surface area contributed by atoms with Crippen LogP contribution in [-0.2, 0) is 0 Å². The summed E-state index contributed by atoms with van der Waals surface area (Å²) < 4.78 is 0. The fraction of sp³-hybridized carbons (Fsp3) is 0.0714. The Morgan fingerprint density at radius 3 is 2.60 bits per heavy atom. The molecule has 0 saturated carbocycles. The van der Waals surface area contributed by atoms with E-state index in [4.69, 9.17) is 34.0 Å². The second kappa shape index (κ2) is 5.61. The van der Waals surface area contributed by atoms with E-state index in [0.717, 1.165) is 0 Å². The number of carboxylic acids is 1. The van der Waals surface area contributed by atoms with Crippen molar-refractivity contribution in [1.29, 1.82) is 0 Å².